The number of nitrogen functional groups attached to an aromatic ring is 1. The number of ether oxygens (including phenoxy) is 1. The van der Waals surface area contributed by atoms with E-state index in [9.17, 15) is 4.79 Å². The van der Waals surface area contributed by atoms with E-state index in [1.54, 1.807) is 18.2 Å². The van der Waals surface area contributed by atoms with Gasteiger partial charge >= 0.3 is 0 Å². The number of carbonyl (C=O) groups is 1. The van der Waals surface area contributed by atoms with Crippen LogP contribution in [-0.4, -0.2) is 19.1 Å². The van der Waals surface area contributed by atoms with Crippen LogP contribution in [0.1, 0.15) is 38.1 Å². The molecule has 0 radical (unpaired) electrons. The summed E-state index contributed by atoms with van der Waals surface area (Å²) in [5, 5.41) is 2.87. The second-order valence-electron chi connectivity index (χ2n) is 5.56. The van der Waals surface area contributed by atoms with Crippen molar-refractivity contribution in [3.05, 3.63) is 23.8 Å². The first-order chi connectivity index (χ1) is 8.90. The van der Waals surface area contributed by atoms with Crippen molar-refractivity contribution < 1.29 is 9.53 Å². The molecule has 1 aromatic rings. The lowest BCUT2D eigenvalue weighted by atomic mass is 10.1. The van der Waals surface area contributed by atoms with E-state index in [2.05, 4.69) is 33.0 Å². The van der Waals surface area contributed by atoms with Gasteiger partial charge in [-0.1, -0.05) is 27.7 Å². The Morgan fingerprint density at radius 1 is 1.26 bits per heavy atom. The van der Waals surface area contributed by atoms with E-state index in [1.165, 1.54) is 0 Å². The highest BCUT2D eigenvalue weighted by Gasteiger charge is 2.10. The maximum absolute atomic E-state index is 11.9. The summed E-state index contributed by atoms with van der Waals surface area (Å²) in [6.45, 7) is 9.48. The smallest absolute Gasteiger partial charge is 0.251 e. The molecule has 0 spiro atoms. The van der Waals surface area contributed by atoms with E-state index in [0.29, 0.717) is 42.0 Å². The second-order valence-corrected chi connectivity index (χ2v) is 5.56. The Labute approximate surface area is 115 Å². The van der Waals surface area contributed by atoms with Crippen LogP contribution in [0, 0.1) is 11.8 Å². The molecule has 1 aromatic carbocycles. The molecule has 3 N–H and O–H groups in total. The van der Waals surface area contributed by atoms with Crippen molar-refractivity contribution in [1.82, 2.24) is 5.32 Å². The van der Waals surface area contributed by atoms with E-state index in [-0.39, 0.29) is 5.91 Å². The van der Waals surface area contributed by atoms with Crippen molar-refractivity contribution in [2.24, 2.45) is 11.8 Å². The summed E-state index contributed by atoms with van der Waals surface area (Å²) in [6.07, 6.45) is 0. The molecule has 0 saturated carbocycles. The third kappa shape index (κ3) is 5.20. The summed E-state index contributed by atoms with van der Waals surface area (Å²) in [6, 6.07) is 5.13. The molecule has 0 aromatic heterocycles. The fraction of sp³-hybridized carbons (Fsp3) is 0.533. The normalized spacial score (nSPS) is 10.8. The van der Waals surface area contributed by atoms with Crippen molar-refractivity contribution in [1.29, 1.82) is 0 Å². The molecule has 19 heavy (non-hydrogen) atoms. The molecule has 0 heterocycles. The maximum Gasteiger partial charge on any atom is 0.251 e. The van der Waals surface area contributed by atoms with Crippen LogP contribution in [0.4, 0.5) is 5.69 Å². The molecule has 106 valence electrons. The van der Waals surface area contributed by atoms with Crippen LogP contribution < -0.4 is 15.8 Å². The molecular weight excluding hydrogens is 240 g/mol. The van der Waals surface area contributed by atoms with Crippen molar-refractivity contribution in [2.75, 3.05) is 18.9 Å². The van der Waals surface area contributed by atoms with E-state index >= 15 is 0 Å². The fourth-order valence-electron chi connectivity index (χ4n) is 1.46. The Bertz CT molecular complexity index is 428. The lowest BCUT2D eigenvalue weighted by molar-refractivity contribution is 0.0948. The molecule has 0 bridgehead atoms. The molecule has 1 rings (SSSR count). The minimum Gasteiger partial charge on any atom is -0.491 e. The number of carbonyl (C=O) groups excluding carboxylic acids is 1. The number of hydrogen-bond acceptors (Lipinski definition) is 3. The summed E-state index contributed by atoms with van der Waals surface area (Å²) in [5.41, 5.74) is 6.98. The van der Waals surface area contributed by atoms with Gasteiger partial charge in [-0.15, -0.1) is 0 Å². The largest absolute Gasteiger partial charge is 0.491 e. The van der Waals surface area contributed by atoms with Gasteiger partial charge in [-0.05, 0) is 30.0 Å². The zero-order valence-electron chi connectivity index (χ0n) is 12.2. The highest BCUT2D eigenvalue weighted by molar-refractivity contribution is 5.95. The molecule has 0 unspecified atom stereocenters. The zero-order chi connectivity index (χ0) is 14.4. The first kappa shape index (κ1) is 15.3. The molecule has 0 fully saturated rings. The number of amides is 1. The van der Waals surface area contributed by atoms with Gasteiger partial charge in [0.05, 0.1) is 12.3 Å². The Morgan fingerprint density at radius 2 is 1.95 bits per heavy atom. The van der Waals surface area contributed by atoms with Gasteiger partial charge in [0.15, 0.2) is 0 Å². The lowest BCUT2D eigenvalue weighted by Gasteiger charge is -2.13. The van der Waals surface area contributed by atoms with Crippen molar-refractivity contribution in [3.8, 4) is 5.75 Å². The van der Waals surface area contributed by atoms with Gasteiger partial charge < -0.3 is 15.8 Å². The van der Waals surface area contributed by atoms with Crippen molar-refractivity contribution >= 4 is 11.6 Å². The number of rotatable bonds is 6. The average molecular weight is 264 g/mol. The molecule has 0 saturated heterocycles. The van der Waals surface area contributed by atoms with Gasteiger partial charge in [0.1, 0.15) is 5.75 Å². The van der Waals surface area contributed by atoms with Crippen LogP contribution in [-0.2, 0) is 0 Å². The second kappa shape index (κ2) is 7.02. The third-order valence-electron chi connectivity index (χ3n) is 2.52. The molecular formula is C15H24N2O2. The zero-order valence-corrected chi connectivity index (χ0v) is 12.2. The standard InChI is InChI=1S/C15H24N2O2/c1-10(2)8-17-15(18)12-5-6-13(16)14(7-12)19-9-11(3)4/h5-7,10-11H,8-9,16H2,1-4H3,(H,17,18). The number of nitrogens with two attached hydrogens (primary N) is 1. The average Bonchev–Trinajstić information content (AvgIpc) is 2.34. The number of hydrogen-bond donors (Lipinski definition) is 2. The van der Waals surface area contributed by atoms with Gasteiger partial charge in [-0.3, -0.25) is 4.79 Å². The highest BCUT2D eigenvalue weighted by Crippen LogP contribution is 2.23. The molecule has 4 heteroatoms. The third-order valence-corrected chi connectivity index (χ3v) is 2.52. The highest BCUT2D eigenvalue weighted by atomic mass is 16.5. The minimum atomic E-state index is -0.0944. The topological polar surface area (TPSA) is 64.4 Å². The van der Waals surface area contributed by atoms with E-state index in [0.717, 1.165) is 0 Å². The summed E-state index contributed by atoms with van der Waals surface area (Å²) < 4.78 is 5.61. The van der Waals surface area contributed by atoms with Crippen LogP contribution in [0.25, 0.3) is 0 Å². The summed E-state index contributed by atoms with van der Waals surface area (Å²) in [7, 11) is 0. The number of nitrogens with one attached hydrogen (secondary N) is 1. The predicted molar refractivity (Wildman–Crippen MR) is 78.4 cm³/mol. The van der Waals surface area contributed by atoms with Crippen LogP contribution in [0.15, 0.2) is 18.2 Å². The number of anilines is 1. The van der Waals surface area contributed by atoms with E-state index < -0.39 is 0 Å². The van der Waals surface area contributed by atoms with Crippen LogP contribution in [0.2, 0.25) is 0 Å². The minimum absolute atomic E-state index is 0.0944. The van der Waals surface area contributed by atoms with Gasteiger partial charge in [0.2, 0.25) is 0 Å². The molecule has 0 aliphatic heterocycles. The van der Waals surface area contributed by atoms with Gasteiger partial charge in [0, 0.05) is 12.1 Å². The fourth-order valence-corrected chi connectivity index (χ4v) is 1.46. The van der Waals surface area contributed by atoms with Crippen LogP contribution >= 0.6 is 0 Å². The Morgan fingerprint density at radius 3 is 2.53 bits per heavy atom. The number of benzene rings is 1. The van der Waals surface area contributed by atoms with Crippen LogP contribution in [0.5, 0.6) is 5.75 Å². The van der Waals surface area contributed by atoms with E-state index in [4.69, 9.17) is 10.5 Å². The molecule has 0 aliphatic carbocycles. The summed E-state index contributed by atoms with van der Waals surface area (Å²) in [5.74, 6) is 1.32. The molecule has 1 amide bonds. The predicted octanol–water partition coefficient (Wildman–Crippen LogP) is 2.69. The summed E-state index contributed by atoms with van der Waals surface area (Å²) in [4.78, 5) is 11.9. The molecule has 0 atom stereocenters. The first-order valence-corrected chi connectivity index (χ1v) is 6.70. The SMILES string of the molecule is CC(C)CNC(=O)c1ccc(N)c(OCC(C)C)c1. The molecule has 0 aliphatic rings. The van der Waals surface area contributed by atoms with Crippen molar-refractivity contribution in [2.45, 2.75) is 27.7 Å². The first-order valence-electron chi connectivity index (χ1n) is 6.70. The van der Waals surface area contributed by atoms with Crippen LogP contribution in [0.3, 0.4) is 0 Å². The molecule has 4 nitrogen and oxygen atoms in total. The maximum atomic E-state index is 11.9. The van der Waals surface area contributed by atoms with Gasteiger partial charge in [0.25, 0.3) is 5.91 Å². The Kier molecular flexibility index (Phi) is 5.67. The van der Waals surface area contributed by atoms with Crippen molar-refractivity contribution in [3.63, 3.8) is 0 Å². The quantitative estimate of drug-likeness (QED) is 0.776. The van der Waals surface area contributed by atoms with Gasteiger partial charge in [-0.25, -0.2) is 0 Å². The van der Waals surface area contributed by atoms with Gasteiger partial charge in [-0.2, -0.15) is 0 Å². The lowest BCUT2D eigenvalue weighted by Crippen LogP contribution is -2.27. The monoisotopic (exact) mass is 264 g/mol. The Balaban J connectivity index is 2.74. The summed E-state index contributed by atoms with van der Waals surface area (Å²) >= 11 is 0. The van der Waals surface area contributed by atoms with E-state index in [1.807, 2.05) is 0 Å². The Hall–Kier alpha value is -1.71.